The van der Waals surface area contributed by atoms with E-state index in [0.717, 1.165) is 12.1 Å². The van der Waals surface area contributed by atoms with Crippen LogP contribution in [-0.4, -0.2) is 23.5 Å². The summed E-state index contributed by atoms with van der Waals surface area (Å²) in [6, 6.07) is 4.36. The lowest BCUT2D eigenvalue weighted by atomic mass is 10.3. The van der Waals surface area contributed by atoms with Gasteiger partial charge in [-0.25, -0.2) is 13.4 Å². The van der Waals surface area contributed by atoms with Crippen LogP contribution in [0.25, 0.3) is 5.69 Å². The third-order valence-corrected chi connectivity index (χ3v) is 4.21. The number of benzene rings is 1. The summed E-state index contributed by atoms with van der Waals surface area (Å²) in [4.78, 5) is 3.10. The maximum absolute atomic E-state index is 12.3. The molecule has 1 aromatic carbocycles. The molecule has 0 fully saturated rings. The Balaban J connectivity index is 2.40. The fourth-order valence-corrected chi connectivity index (χ4v) is 2.44. The molecule has 0 saturated heterocycles. The average Bonchev–Trinajstić information content (AvgIpc) is 2.74. The second-order valence-electron chi connectivity index (χ2n) is 3.55. The van der Waals surface area contributed by atoms with Gasteiger partial charge in [0.2, 0.25) is 0 Å². The lowest BCUT2D eigenvalue weighted by Gasteiger charge is -2.08. The normalized spacial score (nSPS) is 12.6. The molecule has 102 valence electrons. The molecule has 1 aromatic heterocycles. The molecular weight excluding hydrogens is 349 g/mol. The van der Waals surface area contributed by atoms with Crippen molar-refractivity contribution >= 4 is 25.8 Å². The Morgan fingerprint density at radius 2 is 1.74 bits per heavy atom. The lowest BCUT2D eigenvalue weighted by molar-refractivity contribution is -0.0436. The molecule has 0 radical (unpaired) electrons. The van der Waals surface area contributed by atoms with Crippen LogP contribution in [0.5, 0.6) is 0 Å². The van der Waals surface area contributed by atoms with E-state index < -0.39 is 20.2 Å². The number of hydrogen-bond acceptors (Lipinski definition) is 3. The van der Waals surface area contributed by atoms with E-state index in [1.54, 1.807) is 6.20 Å². The molecule has 0 aliphatic heterocycles. The molecule has 0 aliphatic rings. The monoisotopic (exact) mass is 354 g/mol. The summed E-state index contributed by atoms with van der Waals surface area (Å²) in [5, 5.41) is 0. The molecule has 0 amide bonds. The summed E-state index contributed by atoms with van der Waals surface area (Å²) < 4.78 is 61.4. The van der Waals surface area contributed by atoms with Gasteiger partial charge < -0.3 is 4.57 Å². The number of aromatic nitrogens is 2. The van der Waals surface area contributed by atoms with Crippen LogP contribution in [0.15, 0.2) is 46.3 Å². The molecule has 0 bridgehead atoms. The maximum Gasteiger partial charge on any atom is 0.501 e. The van der Waals surface area contributed by atoms with Gasteiger partial charge in [0.05, 0.1) is 4.90 Å². The van der Waals surface area contributed by atoms with E-state index in [1.165, 1.54) is 23.0 Å². The van der Waals surface area contributed by atoms with E-state index in [0.29, 0.717) is 10.3 Å². The van der Waals surface area contributed by atoms with E-state index in [4.69, 9.17) is 0 Å². The quantitative estimate of drug-likeness (QED) is 0.833. The summed E-state index contributed by atoms with van der Waals surface area (Å²) in [5.41, 5.74) is -4.80. The summed E-state index contributed by atoms with van der Waals surface area (Å²) in [5.74, 6) is 0. The van der Waals surface area contributed by atoms with Crippen LogP contribution in [0.2, 0.25) is 0 Å². The third kappa shape index (κ3) is 2.66. The molecule has 4 nitrogen and oxygen atoms in total. The SMILES string of the molecule is O=S(=O)(c1ccc(-n2cnc(Br)c2)cc1)C(F)(F)F. The predicted molar refractivity (Wildman–Crippen MR) is 64.5 cm³/mol. The van der Waals surface area contributed by atoms with E-state index in [9.17, 15) is 21.6 Å². The van der Waals surface area contributed by atoms with Gasteiger partial charge in [0, 0.05) is 11.9 Å². The Bertz CT molecular complexity index is 692. The van der Waals surface area contributed by atoms with Gasteiger partial charge in [-0.15, -0.1) is 0 Å². The van der Waals surface area contributed by atoms with Gasteiger partial charge >= 0.3 is 5.51 Å². The first-order chi connectivity index (χ1) is 8.72. The van der Waals surface area contributed by atoms with Crippen molar-refractivity contribution in [2.24, 2.45) is 0 Å². The van der Waals surface area contributed by atoms with E-state index in [-0.39, 0.29) is 0 Å². The van der Waals surface area contributed by atoms with Crippen molar-refractivity contribution in [1.29, 1.82) is 0 Å². The van der Waals surface area contributed by atoms with Crippen LogP contribution in [0.3, 0.4) is 0 Å². The molecule has 2 aromatic rings. The zero-order valence-electron chi connectivity index (χ0n) is 9.10. The number of imidazole rings is 1. The van der Waals surface area contributed by atoms with Crippen LogP contribution < -0.4 is 0 Å². The van der Waals surface area contributed by atoms with Gasteiger partial charge in [-0.2, -0.15) is 13.2 Å². The highest BCUT2D eigenvalue weighted by Crippen LogP contribution is 2.30. The van der Waals surface area contributed by atoms with E-state index in [1.807, 2.05) is 0 Å². The van der Waals surface area contributed by atoms with Crippen LogP contribution in [-0.2, 0) is 9.84 Å². The fourth-order valence-electron chi connectivity index (χ4n) is 1.37. The zero-order chi connectivity index (χ0) is 14.3. The van der Waals surface area contributed by atoms with Crippen LogP contribution in [0.4, 0.5) is 13.2 Å². The highest BCUT2D eigenvalue weighted by Gasteiger charge is 2.46. The summed E-state index contributed by atoms with van der Waals surface area (Å²) >= 11 is 3.13. The van der Waals surface area contributed by atoms with Crippen molar-refractivity contribution in [3.63, 3.8) is 0 Å². The summed E-state index contributed by atoms with van der Waals surface area (Å²) in [7, 11) is -5.30. The highest BCUT2D eigenvalue weighted by molar-refractivity contribution is 9.10. The second kappa shape index (κ2) is 4.64. The molecule has 19 heavy (non-hydrogen) atoms. The molecule has 0 atom stereocenters. The van der Waals surface area contributed by atoms with Crippen molar-refractivity contribution in [2.75, 3.05) is 0 Å². The number of hydrogen-bond donors (Lipinski definition) is 0. The lowest BCUT2D eigenvalue weighted by Crippen LogP contribution is -2.23. The third-order valence-electron chi connectivity index (χ3n) is 2.30. The highest BCUT2D eigenvalue weighted by atomic mass is 79.9. The molecule has 0 N–H and O–H groups in total. The van der Waals surface area contributed by atoms with Gasteiger partial charge in [0.15, 0.2) is 0 Å². The molecule has 9 heteroatoms. The van der Waals surface area contributed by atoms with Crippen LogP contribution in [0.1, 0.15) is 0 Å². The Morgan fingerprint density at radius 3 is 2.16 bits per heavy atom. The van der Waals surface area contributed by atoms with Gasteiger partial charge in [-0.05, 0) is 40.2 Å². The minimum absolute atomic E-state index is 0.499. The predicted octanol–water partition coefficient (Wildman–Crippen LogP) is 2.93. The molecule has 2 rings (SSSR count). The molecule has 0 aliphatic carbocycles. The Labute approximate surface area is 114 Å². The first kappa shape index (κ1) is 14.1. The van der Waals surface area contributed by atoms with Crippen molar-refractivity contribution in [1.82, 2.24) is 9.55 Å². The number of nitrogens with zero attached hydrogens (tertiary/aromatic N) is 2. The van der Waals surface area contributed by atoms with Crippen LogP contribution in [0, 0.1) is 0 Å². The largest absolute Gasteiger partial charge is 0.501 e. The van der Waals surface area contributed by atoms with Crippen molar-refractivity contribution in [3.8, 4) is 5.69 Å². The fraction of sp³-hybridized carbons (Fsp3) is 0.100. The molecule has 1 heterocycles. The first-order valence-corrected chi connectivity index (χ1v) is 7.11. The summed E-state index contributed by atoms with van der Waals surface area (Å²) in [6.45, 7) is 0. The van der Waals surface area contributed by atoms with Gasteiger partial charge in [-0.3, -0.25) is 0 Å². The van der Waals surface area contributed by atoms with E-state index >= 15 is 0 Å². The smallest absolute Gasteiger partial charge is 0.305 e. The standard InChI is InChI=1S/C10H6BrF3N2O2S/c11-9-5-16(6-15-9)7-1-3-8(4-2-7)19(17,18)10(12,13)14/h1-6H. The summed E-state index contributed by atoms with van der Waals surface area (Å²) in [6.07, 6.45) is 3.03. The van der Waals surface area contributed by atoms with Crippen LogP contribution >= 0.6 is 15.9 Å². The van der Waals surface area contributed by atoms with Gasteiger partial charge in [-0.1, -0.05) is 0 Å². The topological polar surface area (TPSA) is 52.0 Å². The average molecular weight is 355 g/mol. The minimum Gasteiger partial charge on any atom is -0.305 e. The second-order valence-corrected chi connectivity index (χ2v) is 6.30. The van der Waals surface area contributed by atoms with Gasteiger partial charge in [0.25, 0.3) is 9.84 Å². The first-order valence-electron chi connectivity index (χ1n) is 4.83. The van der Waals surface area contributed by atoms with Crippen molar-refractivity contribution in [2.45, 2.75) is 10.4 Å². The number of halogens is 4. The minimum atomic E-state index is -5.30. The number of alkyl halides is 3. The molecule has 0 saturated carbocycles. The Morgan fingerprint density at radius 1 is 1.16 bits per heavy atom. The Hall–Kier alpha value is -1.35. The molecular formula is C10H6BrF3N2O2S. The molecule has 0 unspecified atom stereocenters. The van der Waals surface area contributed by atoms with Crippen molar-refractivity contribution in [3.05, 3.63) is 41.4 Å². The maximum atomic E-state index is 12.3. The molecule has 0 spiro atoms. The number of sulfone groups is 1. The van der Waals surface area contributed by atoms with Gasteiger partial charge in [0.1, 0.15) is 10.9 Å². The Kier molecular flexibility index (Phi) is 3.43. The van der Waals surface area contributed by atoms with Crippen molar-refractivity contribution < 1.29 is 21.6 Å². The number of rotatable bonds is 2. The van der Waals surface area contributed by atoms with E-state index in [2.05, 4.69) is 20.9 Å². The zero-order valence-corrected chi connectivity index (χ0v) is 11.5.